The van der Waals surface area contributed by atoms with Crippen molar-refractivity contribution in [1.82, 2.24) is 0 Å². The Morgan fingerprint density at radius 3 is 1.60 bits per heavy atom. The molecule has 0 bridgehead atoms. The van der Waals surface area contributed by atoms with Crippen molar-refractivity contribution in [2.75, 3.05) is 17.8 Å². The van der Waals surface area contributed by atoms with Crippen molar-refractivity contribution in [3.05, 3.63) is 72.8 Å². The molecular weight excluding hydrogens is 389 g/mol. The Kier molecular flexibility index (Phi) is 4.52. The lowest BCUT2D eigenvalue weighted by molar-refractivity contribution is 0.619. The minimum atomic E-state index is -1.18. The van der Waals surface area contributed by atoms with E-state index < -0.39 is 8.16 Å². The van der Waals surface area contributed by atoms with E-state index in [4.69, 9.17) is 8.39 Å². The van der Waals surface area contributed by atoms with Gasteiger partial charge in [0.15, 0.2) is 0 Å². The lowest BCUT2D eigenvalue weighted by atomic mass is 9.99. The van der Waals surface area contributed by atoms with Crippen LogP contribution in [0.4, 0.5) is 0 Å². The molecule has 1 aliphatic rings. The molecule has 6 rings (SSSR count). The number of rotatable bonds is 1. The van der Waals surface area contributed by atoms with E-state index in [9.17, 15) is 0 Å². The molecule has 150 valence electrons. The highest BCUT2D eigenvalue weighted by atomic mass is 31.1. The third kappa shape index (κ3) is 3.01. The molecule has 4 aromatic carbocycles. The van der Waals surface area contributed by atoms with E-state index in [-0.39, 0.29) is 0 Å². The van der Waals surface area contributed by atoms with E-state index >= 15 is 0 Å². The predicted molar refractivity (Wildman–Crippen MR) is 128 cm³/mol. The highest BCUT2D eigenvalue weighted by Crippen LogP contribution is 2.42. The van der Waals surface area contributed by atoms with Gasteiger partial charge >= 0.3 is 8.16 Å². The van der Waals surface area contributed by atoms with Crippen LogP contribution in [0.15, 0.2) is 81.2 Å². The molecule has 1 saturated heterocycles. The first kappa shape index (κ1) is 18.1. The summed E-state index contributed by atoms with van der Waals surface area (Å²) >= 11 is 0. The Morgan fingerprint density at radius 1 is 0.567 bits per heavy atom. The summed E-state index contributed by atoms with van der Waals surface area (Å²) in [4.78, 5) is 0. The van der Waals surface area contributed by atoms with Gasteiger partial charge in [-0.3, -0.25) is 0 Å². The van der Waals surface area contributed by atoms with Gasteiger partial charge in [0.2, 0.25) is 0 Å². The molecule has 0 N–H and O–H groups in total. The van der Waals surface area contributed by atoms with E-state index in [1.54, 1.807) is 0 Å². The van der Waals surface area contributed by atoms with Gasteiger partial charge in [-0.15, -0.1) is 0 Å². The number of hydrogen-bond donors (Lipinski definition) is 0. The van der Waals surface area contributed by atoms with Crippen LogP contribution in [0.25, 0.3) is 43.5 Å². The van der Waals surface area contributed by atoms with Crippen molar-refractivity contribution >= 4 is 51.6 Å². The molecule has 0 amide bonds. The van der Waals surface area contributed by atoms with Crippen LogP contribution in [0, 0.1) is 0 Å². The third-order valence-electron chi connectivity index (χ3n) is 6.20. The second-order valence-electron chi connectivity index (χ2n) is 8.11. The Bertz CT molecular complexity index is 1320. The predicted octanol–water partition coefficient (Wildman–Crippen LogP) is 8.11. The van der Waals surface area contributed by atoms with E-state index in [0.29, 0.717) is 0 Å². The summed E-state index contributed by atoms with van der Waals surface area (Å²) in [5, 5.41) is 7.17. The van der Waals surface area contributed by atoms with E-state index in [1.165, 1.54) is 47.2 Å². The molecule has 4 heteroatoms. The fraction of sp³-hybridized carbons (Fsp3) is 0.231. The van der Waals surface area contributed by atoms with Crippen LogP contribution in [-0.4, -0.2) is 13.1 Å². The van der Waals surface area contributed by atoms with Crippen molar-refractivity contribution in [3.8, 4) is 0 Å². The Labute approximate surface area is 176 Å². The number of benzene rings is 4. The zero-order valence-electron chi connectivity index (χ0n) is 16.9. The highest BCUT2D eigenvalue weighted by Gasteiger charge is 2.18. The van der Waals surface area contributed by atoms with Crippen molar-refractivity contribution < 1.29 is 8.39 Å². The maximum atomic E-state index is 6.66. The summed E-state index contributed by atoms with van der Waals surface area (Å²) in [5.41, 5.74) is 1.86. The molecule has 0 radical (unpaired) electrons. The first-order valence-corrected chi connectivity index (χ1v) is 12.0. The normalized spacial score (nSPS) is 15.7. The van der Waals surface area contributed by atoms with Crippen LogP contribution in [0.3, 0.4) is 0 Å². The van der Waals surface area contributed by atoms with Gasteiger partial charge in [0.25, 0.3) is 0 Å². The zero-order chi connectivity index (χ0) is 19.9. The van der Waals surface area contributed by atoms with Crippen molar-refractivity contribution in [1.29, 1.82) is 0 Å². The van der Waals surface area contributed by atoms with E-state index in [0.717, 1.165) is 35.0 Å². The SMILES string of the molecule is c1ccc2c(c1)ccc1op(N3CCCCCC3)oc3ccc4ccccc4c3c12. The average Bonchev–Trinajstić information content (AvgIpc) is 3.16. The fourth-order valence-corrected chi connectivity index (χ4v) is 6.21. The molecule has 0 aliphatic carbocycles. The molecule has 1 aliphatic heterocycles. The maximum Gasteiger partial charge on any atom is 0.309 e. The minimum Gasteiger partial charge on any atom is -0.408 e. The third-order valence-corrected chi connectivity index (χ3v) is 7.77. The molecule has 0 unspecified atom stereocenters. The number of hydrogen-bond acceptors (Lipinski definition) is 3. The monoisotopic (exact) mass is 413 g/mol. The van der Waals surface area contributed by atoms with Crippen LogP contribution in [0.2, 0.25) is 0 Å². The topological polar surface area (TPSA) is 29.5 Å². The van der Waals surface area contributed by atoms with Crippen molar-refractivity contribution in [2.24, 2.45) is 0 Å². The highest BCUT2D eigenvalue weighted by molar-refractivity contribution is 7.38. The van der Waals surface area contributed by atoms with Crippen molar-refractivity contribution in [2.45, 2.75) is 25.7 Å². The van der Waals surface area contributed by atoms with Crippen LogP contribution < -0.4 is 4.67 Å². The largest absolute Gasteiger partial charge is 0.408 e. The van der Waals surface area contributed by atoms with Crippen LogP contribution >= 0.6 is 8.16 Å². The summed E-state index contributed by atoms with van der Waals surface area (Å²) in [6.45, 7) is 2.08. The smallest absolute Gasteiger partial charge is 0.309 e. The maximum absolute atomic E-state index is 6.66. The Morgan fingerprint density at radius 2 is 1.07 bits per heavy atom. The minimum absolute atomic E-state index is 0.930. The summed E-state index contributed by atoms with van der Waals surface area (Å²) in [5.74, 6) is 0. The van der Waals surface area contributed by atoms with E-state index in [2.05, 4.69) is 77.5 Å². The summed E-state index contributed by atoms with van der Waals surface area (Å²) in [6.07, 6.45) is 5.01. The Balaban J connectivity index is 1.81. The van der Waals surface area contributed by atoms with Gasteiger partial charge in [0, 0.05) is 23.9 Å². The Hall–Kier alpha value is -2.74. The van der Waals surface area contributed by atoms with Crippen LogP contribution in [0.1, 0.15) is 25.7 Å². The van der Waals surface area contributed by atoms with Gasteiger partial charge in [-0.25, -0.2) is 4.67 Å². The quantitative estimate of drug-likeness (QED) is 0.278. The average molecular weight is 413 g/mol. The number of fused-ring (bicyclic) bond motifs is 7. The van der Waals surface area contributed by atoms with Crippen LogP contribution in [-0.2, 0) is 0 Å². The molecule has 0 spiro atoms. The second kappa shape index (κ2) is 7.50. The molecule has 0 saturated carbocycles. The fourth-order valence-electron chi connectivity index (χ4n) is 4.69. The molecule has 0 atom stereocenters. The summed E-state index contributed by atoms with van der Waals surface area (Å²) in [7, 11) is -1.18. The van der Waals surface area contributed by atoms with Crippen LogP contribution in [0.5, 0.6) is 0 Å². The molecule has 5 aromatic rings. The molecular formula is C26H24NO2P. The van der Waals surface area contributed by atoms with Gasteiger partial charge in [0.05, 0.1) is 0 Å². The van der Waals surface area contributed by atoms with Gasteiger partial charge in [-0.05, 0) is 46.5 Å². The second-order valence-corrected chi connectivity index (χ2v) is 9.51. The summed E-state index contributed by atoms with van der Waals surface area (Å²) < 4.78 is 15.7. The van der Waals surface area contributed by atoms with Gasteiger partial charge in [-0.1, -0.05) is 73.5 Å². The molecule has 1 fully saturated rings. The molecule has 30 heavy (non-hydrogen) atoms. The lowest BCUT2D eigenvalue weighted by Gasteiger charge is -2.15. The lowest BCUT2D eigenvalue weighted by Crippen LogP contribution is -2.19. The van der Waals surface area contributed by atoms with Gasteiger partial charge in [-0.2, -0.15) is 0 Å². The number of nitrogens with zero attached hydrogens (tertiary/aromatic N) is 1. The van der Waals surface area contributed by atoms with Gasteiger partial charge in [0.1, 0.15) is 11.2 Å². The molecule has 3 nitrogen and oxygen atoms in total. The van der Waals surface area contributed by atoms with Gasteiger partial charge < -0.3 is 8.39 Å². The van der Waals surface area contributed by atoms with Crippen molar-refractivity contribution in [3.63, 3.8) is 0 Å². The van der Waals surface area contributed by atoms with E-state index in [1.807, 2.05) is 0 Å². The molecule has 2 heterocycles. The first-order chi connectivity index (χ1) is 14.9. The molecule has 1 aromatic heterocycles. The zero-order valence-corrected chi connectivity index (χ0v) is 17.8. The standard InChI is InChI=1S/C26H24NO2P/c1-2-8-18-27(17-7-1)30-28-23-15-13-19-9-3-5-11-21(19)25(23)26-22-12-6-4-10-20(22)14-16-24(26)29-30/h3-6,9-16H,1-2,7-8,17-18H2. The first-order valence-electron chi connectivity index (χ1n) is 10.8. The summed E-state index contributed by atoms with van der Waals surface area (Å²) in [6, 6.07) is 25.7.